The first kappa shape index (κ1) is 18.2. The van der Waals surface area contributed by atoms with Gasteiger partial charge in [0.2, 0.25) is 5.91 Å². The third kappa shape index (κ3) is 3.96. The second-order valence-corrected chi connectivity index (χ2v) is 6.92. The Bertz CT molecular complexity index is 812. The molecule has 1 saturated heterocycles. The quantitative estimate of drug-likeness (QED) is 0.886. The van der Waals surface area contributed by atoms with Crippen molar-refractivity contribution in [3.63, 3.8) is 0 Å². The molecule has 138 valence electrons. The molecule has 0 aliphatic carbocycles. The predicted octanol–water partition coefficient (Wildman–Crippen LogP) is 3.13. The number of aromatic nitrogens is 1. The van der Waals surface area contributed by atoms with Gasteiger partial charge in [-0.05, 0) is 62.6 Å². The average molecular weight is 354 g/mol. The van der Waals surface area contributed by atoms with Crippen LogP contribution in [0.5, 0.6) is 0 Å². The number of carbonyl (C=O) groups is 2. The molecule has 3 rings (SSSR count). The molecule has 26 heavy (non-hydrogen) atoms. The van der Waals surface area contributed by atoms with Crippen LogP contribution in [0, 0.1) is 13.8 Å². The summed E-state index contributed by atoms with van der Waals surface area (Å²) in [4.78, 5) is 26.6. The zero-order valence-corrected chi connectivity index (χ0v) is 15.6. The minimum absolute atomic E-state index is 0.218. The van der Waals surface area contributed by atoms with Crippen LogP contribution >= 0.6 is 0 Å². The number of rotatable bonds is 4. The molecular weight excluding hydrogens is 328 g/mol. The van der Waals surface area contributed by atoms with E-state index < -0.39 is 6.03 Å². The van der Waals surface area contributed by atoms with E-state index >= 15 is 0 Å². The van der Waals surface area contributed by atoms with Gasteiger partial charge in [-0.15, -0.1) is 0 Å². The average Bonchev–Trinajstić information content (AvgIpc) is 3.20. The smallest absolute Gasteiger partial charge is 0.325 e. The Morgan fingerprint density at radius 2 is 2.00 bits per heavy atom. The molecule has 6 heteroatoms. The fraction of sp³-hybridized carbons (Fsp3) is 0.400. The van der Waals surface area contributed by atoms with E-state index in [9.17, 15) is 9.59 Å². The molecule has 1 atom stereocenters. The lowest BCUT2D eigenvalue weighted by molar-refractivity contribution is -0.121. The normalized spacial score (nSPS) is 17.3. The van der Waals surface area contributed by atoms with Crippen molar-refractivity contribution < 1.29 is 9.59 Å². The molecule has 1 aliphatic rings. The number of imide groups is 1. The van der Waals surface area contributed by atoms with Gasteiger partial charge in [-0.1, -0.05) is 12.1 Å². The monoisotopic (exact) mass is 354 g/mol. The minimum atomic E-state index is -0.488. The molecule has 0 unspecified atom stereocenters. The van der Waals surface area contributed by atoms with E-state index in [0.717, 1.165) is 36.2 Å². The first-order valence-corrected chi connectivity index (χ1v) is 8.98. The van der Waals surface area contributed by atoms with E-state index in [1.165, 1.54) is 5.69 Å². The molecule has 0 spiro atoms. The fourth-order valence-electron chi connectivity index (χ4n) is 3.56. The number of nitrogens with one attached hydrogen (secondary N) is 2. The molecule has 0 saturated carbocycles. The number of carbonyl (C=O) groups excluding carboxylic acids is 2. The zero-order chi connectivity index (χ0) is 18.7. The van der Waals surface area contributed by atoms with E-state index in [1.807, 2.05) is 51.4 Å². The summed E-state index contributed by atoms with van der Waals surface area (Å²) in [7, 11) is 2.02. The fourth-order valence-corrected chi connectivity index (χ4v) is 3.56. The van der Waals surface area contributed by atoms with Gasteiger partial charge in [0.25, 0.3) is 0 Å². The van der Waals surface area contributed by atoms with Crippen molar-refractivity contribution in [2.75, 3.05) is 18.4 Å². The SMILES string of the molecule is Cc1cccc(NC(=O)NC(=O)CN2CCC[C@H]2c2cccn2C)c1C. The molecule has 2 aromatic rings. The minimum Gasteiger partial charge on any atom is -0.353 e. The molecule has 3 amide bonds. The van der Waals surface area contributed by atoms with Gasteiger partial charge >= 0.3 is 6.03 Å². The maximum Gasteiger partial charge on any atom is 0.325 e. The molecule has 1 aliphatic heterocycles. The van der Waals surface area contributed by atoms with Crippen LogP contribution in [0.15, 0.2) is 36.5 Å². The summed E-state index contributed by atoms with van der Waals surface area (Å²) < 4.78 is 2.09. The van der Waals surface area contributed by atoms with Crippen molar-refractivity contribution in [3.05, 3.63) is 53.3 Å². The Labute approximate surface area is 154 Å². The summed E-state index contributed by atoms with van der Waals surface area (Å²) in [6, 6.07) is 9.55. The van der Waals surface area contributed by atoms with E-state index in [1.54, 1.807) is 0 Å². The number of hydrogen-bond acceptors (Lipinski definition) is 3. The maximum absolute atomic E-state index is 12.3. The summed E-state index contributed by atoms with van der Waals surface area (Å²) in [6.07, 6.45) is 4.10. The summed E-state index contributed by atoms with van der Waals surface area (Å²) in [5.74, 6) is -0.283. The van der Waals surface area contributed by atoms with Crippen molar-refractivity contribution in [3.8, 4) is 0 Å². The molecule has 1 aromatic carbocycles. The molecule has 2 heterocycles. The van der Waals surface area contributed by atoms with E-state index in [-0.39, 0.29) is 18.5 Å². The van der Waals surface area contributed by atoms with Crippen LogP contribution in [0.4, 0.5) is 10.5 Å². The summed E-state index contributed by atoms with van der Waals surface area (Å²) in [5.41, 5.74) is 4.02. The number of urea groups is 1. The first-order valence-electron chi connectivity index (χ1n) is 8.98. The second kappa shape index (κ2) is 7.74. The Balaban J connectivity index is 1.57. The van der Waals surface area contributed by atoms with Gasteiger partial charge < -0.3 is 9.88 Å². The lowest BCUT2D eigenvalue weighted by Crippen LogP contribution is -2.41. The van der Waals surface area contributed by atoms with Crippen LogP contribution in [0.2, 0.25) is 0 Å². The van der Waals surface area contributed by atoms with Crippen molar-refractivity contribution in [1.29, 1.82) is 0 Å². The van der Waals surface area contributed by atoms with Crippen molar-refractivity contribution in [1.82, 2.24) is 14.8 Å². The second-order valence-electron chi connectivity index (χ2n) is 6.92. The van der Waals surface area contributed by atoms with Gasteiger partial charge in [-0.2, -0.15) is 0 Å². The lowest BCUT2D eigenvalue weighted by Gasteiger charge is -2.24. The molecule has 0 bridgehead atoms. The van der Waals surface area contributed by atoms with Crippen molar-refractivity contribution >= 4 is 17.6 Å². The topological polar surface area (TPSA) is 66.4 Å². The van der Waals surface area contributed by atoms with Crippen LogP contribution in [0.3, 0.4) is 0 Å². The number of benzene rings is 1. The Hall–Kier alpha value is -2.60. The summed E-state index contributed by atoms with van der Waals surface area (Å²) >= 11 is 0. The highest BCUT2D eigenvalue weighted by Crippen LogP contribution is 2.31. The van der Waals surface area contributed by atoms with Gasteiger partial charge in [0.05, 0.1) is 12.6 Å². The number of nitrogens with zero attached hydrogens (tertiary/aromatic N) is 2. The van der Waals surface area contributed by atoms with Crippen molar-refractivity contribution in [2.45, 2.75) is 32.7 Å². The van der Waals surface area contributed by atoms with Gasteiger partial charge in [0, 0.05) is 24.6 Å². The van der Waals surface area contributed by atoms with Crippen LogP contribution in [0.25, 0.3) is 0 Å². The molecule has 0 radical (unpaired) electrons. The molecular formula is C20H26N4O2. The van der Waals surface area contributed by atoms with Gasteiger partial charge in [0.15, 0.2) is 0 Å². The van der Waals surface area contributed by atoms with Crippen LogP contribution < -0.4 is 10.6 Å². The summed E-state index contributed by atoms with van der Waals surface area (Å²) in [6.45, 7) is 5.01. The highest BCUT2D eigenvalue weighted by Gasteiger charge is 2.29. The highest BCUT2D eigenvalue weighted by atomic mass is 16.2. The molecule has 1 fully saturated rings. The number of hydrogen-bond donors (Lipinski definition) is 2. The zero-order valence-electron chi connectivity index (χ0n) is 15.6. The molecule has 6 nitrogen and oxygen atoms in total. The van der Waals surface area contributed by atoms with Gasteiger partial charge in [-0.3, -0.25) is 15.0 Å². The number of amides is 3. The Kier molecular flexibility index (Phi) is 5.42. The first-order chi connectivity index (χ1) is 12.5. The van der Waals surface area contributed by atoms with Crippen molar-refractivity contribution in [2.24, 2.45) is 7.05 Å². The van der Waals surface area contributed by atoms with E-state index in [2.05, 4.69) is 26.2 Å². The third-order valence-corrected chi connectivity index (χ3v) is 5.14. The van der Waals surface area contributed by atoms with Crippen LogP contribution in [-0.4, -0.2) is 34.5 Å². The number of aryl methyl sites for hydroxylation is 2. The highest BCUT2D eigenvalue weighted by molar-refractivity contribution is 6.02. The number of likely N-dealkylation sites (tertiary alicyclic amines) is 1. The largest absolute Gasteiger partial charge is 0.353 e. The Morgan fingerprint density at radius 3 is 2.73 bits per heavy atom. The maximum atomic E-state index is 12.3. The summed E-state index contributed by atoms with van der Waals surface area (Å²) in [5, 5.41) is 5.21. The van der Waals surface area contributed by atoms with Gasteiger partial charge in [-0.25, -0.2) is 4.79 Å². The third-order valence-electron chi connectivity index (χ3n) is 5.14. The Morgan fingerprint density at radius 1 is 1.19 bits per heavy atom. The number of anilines is 1. The van der Waals surface area contributed by atoms with Gasteiger partial charge in [0.1, 0.15) is 0 Å². The van der Waals surface area contributed by atoms with E-state index in [0.29, 0.717) is 0 Å². The molecule has 1 aromatic heterocycles. The predicted molar refractivity (Wildman–Crippen MR) is 102 cm³/mol. The molecule has 2 N–H and O–H groups in total. The standard InChI is InChI=1S/C20H26N4O2/c1-14-7-4-8-16(15(14)2)21-20(26)22-19(25)13-24-12-6-10-18(24)17-9-5-11-23(17)3/h4-5,7-9,11,18H,6,10,12-13H2,1-3H3,(H2,21,22,25,26)/t18-/m0/s1. The van der Waals surface area contributed by atoms with E-state index in [4.69, 9.17) is 0 Å². The van der Waals surface area contributed by atoms with Crippen LogP contribution in [-0.2, 0) is 11.8 Å². The lowest BCUT2D eigenvalue weighted by atomic mass is 10.1. The van der Waals surface area contributed by atoms with Crippen LogP contribution in [0.1, 0.15) is 35.7 Å².